The smallest absolute Gasteiger partial charge is 0.245 e. The molecular formula is C84H115N21O16S. The number of aromatic amines is 2. The molecule has 13 atom stereocenters. The zero-order valence-corrected chi connectivity index (χ0v) is 70.6. The van der Waals surface area contributed by atoms with Crippen molar-refractivity contribution in [3.63, 3.8) is 0 Å². The second-order valence-electron chi connectivity index (χ2n) is 31.0. The number of primary amides is 1. The predicted molar refractivity (Wildman–Crippen MR) is 456 cm³/mol. The fourth-order valence-corrected chi connectivity index (χ4v) is 14.0. The van der Waals surface area contributed by atoms with Crippen LogP contribution in [0.1, 0.15) is 122 Å². The maximum atomic E-state index is 15.4. The van der Waals surface area contributed by atoms with Crippen molar-refractivity contribution < 1.29 is 77.0 Å². The third kappa shape index (κ3) is 30.4. The Morgan fingerprint density at radius 1 is 0.541 bits per heavy atom. The van der Waals surface area contributed by atoms with Gasteiger partial charge in [-0.15, -0.1) is 0 Å². The quantitative estimate of drug-likeness (QED) is 0.00956. The van der Waals surface area contributed by atoms with Crippen LogP contribution in [0.3, 0.4) is 0 Å². The Morgan fingerprint density at radius 2 is 1.06 bits per heavy atom. The molecule has 122 heavy (non-hydrogen) atoms. The number of rotatable bonds is 47. The molecule has 658 valence electrons. The van der Waals surface area contributed by atoms with Crippen molar-refractivity contribution in [1.29, 1.82) is 5.41 Å². The Labute approximate surface area is 712 Å². The molecular weight excluding hydrogens is 1590 g/mol. The van der Waals surface area contributed by atoms with E-state index in [0.717, 1.165) is 5.56 Å². The largest absolute Gasteiger partial charge is 0.508 e. The lowest BCUT2D eigenvalue weighted by Crippen LogP contribution is -2.62. The van der Waals surface area contributed by atoms with Crippen LogP contribution in [0.4, 0.5) is 0 Å². The highest BCUT2D eigenvalue weighted by Gasteiger charge is 2.42. The van der Waals surface area contributed by atoms with E-state index in [9.17, 15) is 57.8 Å². The molecule has 6 aromatic rings. The molecule has 22 N–H and O–H groups in total. The monoisotopic (exact) mass is 1710 g/mol. The summed E-state index contributed by atoms with van der Waals surface area (Å²) in [6, 6.07) is 14.3. The van der Waals surface area contributed by atoms with Crippen LogP contribution in [0.5, 0.6) is 5.75 Å². The Kier molecular flexibility index (Phi) is 37.7. The molecule has 7 rings (SSSR count). The third-order valence-corrected chi connectivity index (χ3v) is 20.9. The van der Waals surface area contributed by atoms with Crippen molar-refractivity contribution in [2.24, 2.45) is 29.2 Å². The number of guanidine groups is 1. The minimum absolute atomic E-state index is 0.0403. The average Bonchev–Trinajstić information content (AvgIpc) is 1.65. The number of carbonyl (C=O) groups is 15. The van der Waals surface area contributed by atoms with Crippen LogP contribution in [0.25, 0.3) is 10.9 Å². The van der Waals surface area contributed by atoms with E-state index in [1.165, 1.54) is 55.5 Å². The van der Waals surface area contributed by atoms with E-state index in [1.807, 2.05) is 13.8 Å². The van der Waals surface area contributed by atoms with Crippen molar-refractivity contribution in [3.05, 3.63) is 156 Å². The highest BCUT2D eigenvalue weighted by molar-refractivity contribution is 7.80. The molecule has 2 aromatic heterocycles. The van der Waals surface area contributed by atoms with Crippen molar-refractivity contribution >= 4 is 118 Å². The van der Waals surface area contributed by atoms with Gasteiger partial charge in [0.1, 0.15) is 78.3 Å². The first-order chi connectivity index (χ1) is 58.1. The predicted octanol–water partition coefficient (Wildman–Crippen LogP) is -0.868. The number of nitrogens with two attached hydrogens (primary N) is 2. The number of fused-ring (bicyclic) bond motifs is 1. The number of aromatic nitrogens is 3. The fraction of sp³-hybridized carbons (Fsp3) is 0.464. The number of carbonyl (C=O) groups excluding carboxylic acids is 15. The number of amides is 15. The van der Waals surface area contributed by atoms with Crippen LogP contribution in [-0.2, 0) is 104 Å². The lowest BCUT2D eigenvalue weighted by Gasteiger charge is -2.31. The number of nitrogens with zero attached hydrogens (tertiary/aromatic N) is 2. The number of thiol groups is 1. The van der Waals surface area contributed by atoms with Gasteiger partial charge in [0, 0.05) is 81.2 Å². The lowest BCUT2D eigenvalue weighted by molar-refractivity contribution is -0.142. The maximum absolute atomic E-state index is 15.4. The molecule has 1 saturated heterocycles. The third-order valence-electron chi connectivity index (χ3n) is 20.5. The Balaban J connectivity index is 1.11. The summed E-state index contributed by atoms with van der Waals surface area (Å²) in [7, 11) is 0. The minimum atomic E-state index is -1.58. The van der Waals surface area contributed by atoms with Crippen molar-refractivity contribution in [2.45, 2.75) is 199 Å². The Hall–Kier alpha value is -12.9. The van der Waals surface area contributed by atoms with Gasteiger partial charge in [-0.25, -0.2) is 4.98 Å². The number of para-hydroxylation sites is 1. The number of likely N-dealkylation sites (tertiary alicyclic amines) is 1. The maximum Gasteiger partial charge on any atom is 0.245 e. The fourth-order valence-electron chi connectivity index (χ4n) is 13.8. The number of phenolic OH excluding ortho intramolecular Hbond substituents is 1. The summed E-state index contributed by atoms with van der Waals surface area (Å²) in [6.45, 7) is 11.9. The zero-order chi connectivity index (χ0) is 89.3. The van der Waals surface area contributed by atoms with Crippen LogP contribution in [0.15, 0.2) is 128 Å². The first-order valence-electron chi connectivity index (χ1n) is 40.6. The van der Waals surface area contributed by atoms with E-state index in [4.69, 9.17) is 16.9 Å². The van der Waals surface area contributed by atoms with E-state index >= 15 is 19.2 Å². The molecule has 0 unspecified atom stereocenters. The highest BCUT2D eigenvalue weighted by Crippen LogP contribution is 2.24. The van der Waals surface area contributed by atoms with E-state index < -0.39 is 186 Å². The van der Waals surface area contributed by atoms with Crippen molar-refractivity contribution in [3.8, 4) is 5.75 Å². The molecule has 1 aliphatic heterocycles. The lowest BCUT2D eigenvalue weighted by atomic mass is 9.97. The number of benzene rings is 4. The normalized spacial score (nSPS) is 15.4. The van der Waals surface area contributed by atoms with Gasteiger partial charge in [-0.1, -0.05) is 139 Å². The van der Waals surface area contributed by atoms with Gasteiger partial charge in [0.25, 0.3) is 0 Å². The first-order valence-corrected chi connectivity index (χ1v) is 41.3. The molecule has 0 spiro atoms. The number of hydrogen-bond donors (Lipinski definition) is 21. The number of aromatic hydroxyl groups is 1. The SMILES string of the molecule is CC[C@H](C)[C@H](NC(=O)[C@H](Cc1ccccc1)NC(C)=O)C(=O)N[C@@H](C)C(=O)NCC(=O)N[C@@H](Cc1c[nH]cn1)C(=O)N[C@@H](Cc1ccc(O)cc1)C(=O)N[C@@H](Cc1c[nH]c2ccccc12)C(=O)N[C@H](C(=O)N[C@@H](CCCNC(=N)N)C(=O)N[C@@H](Cc1ccccc1)C(=O)N[C@@H](CC(C)C)C(=O)N1CCC[C@H]1C(=O)N[C@@H](CS)C(=O)NCC(N)=O)C(C)C. The summed E-state index contributed by atoms with van der Waals surface area (Å²) in [5.41, 5.74) is 14.0. The second-order valence-corrected chi connectivity index (χ2v) is 31.4. The molecule has 1 fully saturated rings. The highest BCUT2D eigenvalue weighted by atomic mass is 32.1. The molecule has 15 amide bonds. The van der Waals surface area contributed by atoms with Gasteiger partial charge in [0.05, 0.1) is 25.1 Å². The van der Waals surface area contributed by atoms with Crippen molar-refractivity contribution in [1.82, 2.24) is 94.3 Å². The van der Waals surface area contributed by atoms with E-state index in [2.05, 4.69) is 102 Å². The molecule has 4 aromatic carbocycles. The zero-order valence-electron chi connectivity index (χ0n) is 69.7. The van der Waals surface area contributed by atoms with Crippen molar-refractivity contribution in [2.75, 3.05) is 31.9 Å². The number of H-pyrrole nitrogens is 2. The summed E-state index contributed by atoms with van der Waals surface area (Å²) in [4.78, 5) is 223. The number of phenols is 1. The van der Waals surface area contributed by atoms with E-state index in [-0.39, 0.29) is 100.0 Å². The summed E-state index contributed by atoms with van der Waals surface area (Å²) in [5, 5.41) is 56.2. The molecule has 0 radical (unpaired) electrons. The van der Waals surface area contributed by atoms with Crippen LogP contribution in [-0.4, -0.2) is 224 Å². The molecule has 38 heteroatoms. The van der Waals surface area contributed by atoms with Gasteiger partial charge in [-0.3, -0.25) is 77.3 Å². The molecule has 0 bridgehead atoms. The summed E-state index contributed by atoms with van der Waals surface area (Å²) in [6.07, 6.45) is 4.64. The van der Waals surface area contributed by atoms with Gasteiger partial charge >= 0.3 is 0 Å². The van der Waals surface area contributed by atoms with Crippen LogP contribution in [0.2, 0.25) is 0 Å². The van der Waals surface area contributed by atoms with Gasteiger partial charge in [-0.2, -0.15) is 12.6 Å². The first kappa shape index (κ1) is 96.2. The average molecular weight is 1710 g/mol. The van der Waals surface area contributed by atoms with Gasteiger partial charge in [0.2, 0.25) is 88.6 Å². The second kappa shape index (κ2) is 47.8. The summed E-state index contributed by atoms with van der Waals surface area (Å²) in [5.74, 6) is -13.9. The Morgan fingerprint density at radius 3 is 1.61 bits per heavy atom. The van der Waals surface area contributed by atoms with Gasteiger partial charge in [0.15, 0.2) is 5.96 Å². The number of imidazole rings is 1. The van der Waals surface area contributed by atoms with Crippen LogP contribution < -0.4 is 85.9 Å². The molecule has 1 aliphatic rings. The number of hydrogen-bond acceptors (Lipinski definition) is 19. The van der Waals surface area contributed by atoms with Crippen LogP contribution in [0, 0.1) is 23.2 Å². The minimum Gasteiger partial charge on any atom is -0.508 e. The molecule has 0 aliphatic carbocycles. The summed E-state index contributed by atoms with van der Waals surface area (Å²) >= 11 is 4.21. The van der Waals surface area contributed by atoms with Crippen LogP contribution >= 0.6 is 12.6 Å². The Bertz CT molecular complexity index is 4590. The van der Waals surface area contributed by atoms with Gasteiger partial charge < -0.3 is 106 Å². The van der Waals surface area contributed by atoms with E-state index in [0.29, 0.717) is 40.4 Å². The standard InChI is InChI=1S/C84H115N21O16S/c1-9-48(6)71(104-78(116)60(95-50(8)106)35-51-20-12-10-13-21-51)82(120)94-49(7)72(110)92-43-69(109)96-64(39-55-41-88-45-93-55)77(115)99-62(37-53-28-30-56(107)31-29-53)75(113)100-63(38-54-40-90-58-25-17-16-24-57(54)58)79(117)103-70(47(4)5)81(119)97-59(26-18-32-89-84(86)87)74(112)98-61(36-52-22-14-11-15-23-52)76(114)101-65(34-46(2)3)83(121)105-33-19-27-67(105)80(118)102-66(44-122)73(111)91-42-68(85)108/h10-17,20-25,28-31,40-41,45-49,59-67,70-71,90,107,122H,9,18-19,26-27,32-39,42-44H2,1-8H3,(H2,85,108)(H,88,93)(H,91,111)(H,92,110)(H,94,120)(H,95,106)(H,96,109)(H,97,119)(H,98,112)(H,99,115)(H,100,113)(H,101,114)(H,102,118)(H,103,117)(H,104,116)(H4,86,87,89)/t48-,49-,59-,60-,61-,62-,63-,64-,65-,66-,67-,70-,71-/m0/s1. The topological polar surface area (TPSA) is 568 Å². The van der Waals surface area contributed by atoms with Gasteiger partial charge in [-0.05, 0) is 97.2 Å². The summed E-state index contributed by atoms with van der Waals surface area (Å²) < 4.78 is 0. The molecule has 37 nitrogen and oxygen atoms in total. The van der Waals surface area contributed by atoms with E-state index in [1.54, 1.807) is 119 Å². The number of nitrogens with one attached hydrogen (secondary N) is 17. The molecule has 3 heterocycles. The molecule has 0 saturated carbocycles.